The first-order valence-electron chi connectivity index (χ1n) is 18.9. The third-order valence-corrected chi connectivity index (χ3v) is 12.1. The Bertz CT molecular complexity index is 3470. The summed E-state index contributed by atoms with van der Waals surface area (Å²) in [7, 11) is 0. The van der Waals surface area contributed by atoms with Gasteiger partial charge in [0.05, 0.1) is 0 Å². The molecule has 0 saturated heterocycles. The second-order valence-electron chi connectivity index (χ2n) is 14.3. The molecule has 0 amide bonds. The van der Waals surface area contributed by atoms with E-state index in [9.17, 15) is 0 Å². The van der Waals surface area contributed by atoms with Crippen molar-refractivity contribution in [3.8, 4) is 56.4 Å². The van der Waals surface area contributed by atoms with Gasteiger partial charge in [0.2, 0.25) is 0 Å². The zero-order valence-corrected chi connectivity index (χ0v) is 31.1. The topological polar surface area (TPSA) is 65.0 Å². The quantitative estimate of drug-likeness (QED) is 0.175. The summed E-state index contributed by atoms with van der Waals surface area (Å²) in [5, 5.41) is 6.76. The average Bonchev–Trinajstić information content (AvgIpc) is 3.98. The fourth-order valence-electron chi connectivity index (χ4n) is 8.24. The van der Waals surface area contributed by atoms with E-state index in [-0.39, 0.29) is 0 Å². The van der Waals surface area contributed by atoms with Crippen LogP contribution < -0.4 is 0 Å². The van der Waals surface area contributed by atoms with Crippen LogP contribution in [-0.2, 0) is 0 Å². The second kappa shape index (κ2) is 12.6. The number of fused-ring (bicyclic) bond motifs is 9. The number of rotatable bonds is 5. The van der Waals surface area contributed by atoms with E-state index in [1.165, 1.54) is 15.5 Å². The normalized spacial score (nSPS) is 11.9. The first-order chi connectivity index (χ1) is 28.2. The molecule has 266 valence electrons. The molecule has 8 aromatic carbocycles. The second-order valence-corrected chi connectivity index (χ2v) is 15.4. The molecule has 0 radical (unpaired) electrons. The first kappa shape index (κ1) is 31.9. The molecule has 0 fully saturated rings. The molecular formula is C51H29N3O2S. The summed E-state index contributed by atoms with van der Waals surface area (Å²) in [4.78, 5) is 14.9. The van der Waals surface area contributed by atoms with Crippen molar-refractivity contribution in [2.24, 2.45) is 0 Å². The maximum absolute atomic E-state index is 6.72. The van der Waals surface area contributed by atoms with Crippen molar-refractivity contribution < 1.29 is 8.83 Å². The number of hydrogen-bond donors (Lipinski definition) is 0. The van der Waals surface area contributed by atoms with Crippen LogP contribution in [0.5, 0.6) is 0 Å². The van der Waals surface area contributed by atoms with Crippen LogP contribution in [0.25, 0.3) is 120 Å². The Kier molecular flexibility index (Phi) is 7.03. The Hall–Kier alpha value is -7.41. The fraction of sp³-hybridized carbons (Fsp3) is 0. The number of aromatic nitrogens is 3. The average molecular weight is 748 g/mol. The SMILES string of the molecule is c1ccc(-c2nc(-c3ccccc3)nc(-c3ccc4c(c3)sc3c(-c5cc(-c6cccc7c6oc6ccccc67)cc6c5oc5ccccc56)cccc34)n2)cc1. The molecule has 0 aliphatic heterocycles. The molecular weight excluding hydrogens is 719 g/mol. The van der Waals surface area contributed by atoms with Crippen LogP contribution in [0.4, 0.5) is 0 Å². The number of furan rings is 2. The molecule has 4 aromatic heterocycles. The van der Waals surface area contributed by atoms with Gasteiger partial charge in [0, 0.05) is 75.1 Å². The van der Waals surface area contributed by atoms with Crippen molar-refractivity contribution >= 4 is 75.4 Å². The lowest BCUT2D eigenvalue weighted by molar-refractivity contribution is 0.669. The summed E-state index contributed by atoms with van der Waals surface area (Å²) in [5.41, 5.74) is 10.6. The number of hydrogen-bond acceptors (Lipinski definition) is 6. The number of para-hydroxylation sites is 3. The number of nitrogens with zero attached hydrogens (tertiary/aromatic N) is 3. The third kappa shape index (κ3) is 5.12. The monoisotopic (exact) mass is 747 g/mol. The summed E-state index contributed by atoms with van der Waals surface area (Å²) in [6.45, 7) is 0. The summed E-state index contributed by atoms with van der Waals surface area (Å²) in [6, 6.07) is 60.9. The van der Waals surface area contributed by atoms with E-state index in [0.29, 0.717) is 17.5 Å². The van der Waals surface area contributed by atoms with E-state index >= 15 is 0 Å². The van der Waals surface area contributed by atoms with Gasteiger partial charge >= 0.3 is 0 Å². The van der Waals surface area contributed by atoms with Gasteiger partial charge in [-0.05, 0) is 35.9 Å². The maximum Gasteiger partial charge on any atom is 0.164 e. The van der Waals surface area contributed by atoms with Crippen molar-refractivity contribution in [1.82, 2.24) is 15.0 Å². The minimum atomic E-state index is 0.638. The standard InChI is InChI=1S/C51H29N3O2S/c1-3-13-30(14-4-1)49-52-50(31-15-5-2-6-16-31)54-51(53-49)32-25-26-37-39-21-12-22-40(48(39)57-45(37)29-32)42-28-33(27-41-36-18-8-10-24-44(36)56-47(41)42)34-19-11-20-38-35-17-7-9-23-43(35)55-46(34)38/h1-29H. The van der Waals surface area contributed by atoms with Gasteiger partial charge in [-0.1, -0.05) is 146 Å². The van der Waals surface area contributed by atoms with E-state index in [0.717, 1.165) is 87.5 Å². The molecule has 0 unspecified atom stereocenters. The zero-order chi connectivity index (χ0) is 37.5. The van der Waals surface area contributed by atoms with Crippen LogP contribution in [0.15, 0.2) is 185 Å². The predicted molar refractivity (Wildman–Crippen MR) is 234 cm³/mol. The molecule has 0 N–H and O–H groups in total. The van der Waals surface area contributed by atoms with Crippen LogP contribution in [-0.4, -0.2) is 15.0 Å². The van der Waals surface area contributed by atoms with Crippen LogP contribution >= 0.6 is 11.3 Å². The van der Waals surface area contributed by atoms with Crippen molar-refractivity contribution in [2.45, 2.75) is 0 Å². The lowest BCUT2D eigenvalue weighted by Gasteiger charge is -2.10. The van der Waals surface area contributed by atoms with Gasteiger partial charge in [-0.2, -0.15) is 0 Å². The number of benzene rings is 8. The van der Waals surface area contributed by atoms with Gasteiger partial charge in [-0.3, -0.25) is 0 Å². The summed E-state index contributed by atoms with van der Waals surface area (Å²) in [5.74, 6) is 1.93. The molecule has 0 aliphatic rings. The van der Waals surface area contributed by atoms with Gasteiger partial charge in [-0.15, -0.1) is 11.3 Å². The van der Waals surface area contributed by atoms with E-state index in [2.05, 4.69) is 91.0 Å². The van der Waals surface area contributed by atoms with Gasteiger partial charge < -0.3 is 8.83 Å². The highest BCUT2D eigenvalue weighted by molar-refractivity contribution is 7.26. The molecule has 4 heterocycles. The third-order valence-electron chi connectivity index (χ3n) is 10.9. The zero-order valence-electron chi connectivity index (χ0n) is 30.3. The molecule has 0 saturated carbocycles. The minimum absolute atomic E-state index is 0.638. The van der Waals surface area contributed by atoms with Crippen LogP contribution in [0.2, 0.25) is 0 Å². The molecule has 0 atom stereocenters. The van der Waals surface area contributed by atoms with Crippen molar-refractivity contribution in [1.29, 1.82) is 0 Å². The van der Waals surface area contributed by atoms with Gasteiger partial charge in [-0.25, -0.2) is 15.0 Å². The summed E-state index contributed by atoms with van der Waals surface area (Å²) in [6.07, 6.45) is 0. The highest BCUT2D eigenvalue weighted by atomic mass is 32.1. The molecule has 6 heteroatoms. The smallest absolute Gasteiger partial charge is 0.164 e. The van der Waals surface area contributed by atoms with E-state index in [1.54, 1.807) is 11.3 Å². The van der Waals surface area contributed by atoms with Crippen LogP contribution in [0.3, 0.4) is 0 Å². The molecule has 57 heavy (non-hydrogen) atoms. The largest absolute Gasteiger partial charge is 0.455 e. The Morgan fingerprint density at radius 2 is 0.877 bits per heavy atom. The Morgan fingerprint density at radius 3 is 1.56 bits per heavy atom. The highest BCUT2D eigenvalue weighted by Crippen LogP contribution is 2.47. The van der Waals surface area contributed by atoms with Gasteiger partial charge in [0.25, 0.3) is 0 Å². The van der Waals surface area contributed by atoms with Crippen molar-refractivity contribution in [3.05, 3.63) is 176 Å². The Balaban J connectivity index is 1.06. The molecule has 0 aliphatic carbocycles. The van der Waals surface area contributed by atoms with Gasteiger partial charge in [0.1, 0.15) is 22.3 Å². The van der Waals surface area contributed by atoms with Crippen molar-refractivity contribution in [3.63, 3.8) is 0 Å². The molecule has 5 nitrogen and oxygen atoms in total. The lowest BCUT2D eigenvalue weighted by Crippen LogP contribution is -1.99. The van der Waals surface area contributed by atoms with E-state index in [4.69, 9.17) is 23.8 Å². The predicted octanol–water partition coefficient (Wildman–Crippen LogP) is 14.4. The van der Waals surface area contributed by atoms with Crippen LogP contribution in [0, 0.1) is 0 Å². The maximum atomic E-state index is 6.72. The Morgan fingerprint density at radius 1 is 0.333 bits per heavy atom. The van der Waals surface area contributed by atoms with E-state index in [1.807, 2.05) is 84.9 Å². The summed E-state index contributed by atoms with van der Waals surface area (Å²) < 4.78 is 15.6. The molecule has 12 rings (SSSR count). The number of thiophene rings is 1. The fourth-order valence-corrected chi connectivity index (χ4v) is 9.51. The van der Waals surface area contributed by atoms with Crippen LogP contribution in [0.1, 0.15) is 0 Å². The molecule has 0 bridgehead atoms. The van der Waals surface area contributed by atoms with Crippen molar-refractivity contribution in [2.75, 3.05) is 0 Å². The summed E-state index contributed by atoms with van der Waals surface area (Å²) >= 11 is 1.78. The van der Waals surface area contributed by atoms with Gasteiger partial charge in [0.15, 0.2) is 17.5 Å². The Labute approximate surface area is 330 Å². The lowest BCUT2D eigenvalue weighted by atomic mass is 9.94. The first-order valence-corrected chi connectivity index (χ1v) is 19.7. The molecule has 12 aromatic rings. The van der Waals surface area contributed by atoms with E-state index < -0.39 is 0 Å². The minimum Gasteiger partial charge on any atom is -0.455 e. The molecule has 0 spiro atoms. The highest BCUT2D eigenvalue weighted by Gasteiger charge is 2.21.